The standard InChI is InChI=1S/C7H11NO2/c8-2-4-10-6-7-1-3-9-5-7/h7H,1,3-6H2/t7-/m1/s1. The first-order valence-electron chi connectivity index (χ1n) is 3.46. The van der Waals surface area contributed by atoms with Crippen molar-refractivity contribution in [3.8, 4) is 6.07 Å². The summed E-state index contributed by atoms with van der Waals surface area (Å²) in [5, 5.41) is 8.13. The molecule has 0 aromatic rings. The van der Waals surface area contributed by atoms with Gasteiger partial charge in [0.25, 0.3) is 0 Å². The molecule has 0 amide bonds. The van der Waals surface area contributed by atoms with Crippen molar-refractivity contribution >= 4 is 0 Å². The second-order valence-corrected chi connectivity index (χ2v) is 2.40. The van der Waals surface area contributed by atoms with Gasteiger partial charge >= 0.3 is 0 Å². The van der Waals surface area contributed by atoms with E-state index < -0.39 is 0 Å². The summed E-state index contributed by atoms with van der Waals surface area (Å²) < 4.78 is 10.2. The Balaban J connectivity index is 1.97. The predicted octanol–water partition coefficient (Wildman–Crippen LogP) is 0.563. The number of rotatable bonds is 3. The fourth-order valence-corrected chi connectivity index (χ4v) is 0.986. The van der Waals surface area contributed by atoms with Crippen LogP contribution in [-0.2, 0) is 9.47 Å². The highest BCUT2D eigenvalue weighted by Crippen LogP contribution is 2.11. The molecular formula is C7H11NO2. The summed E-state index contributed by atoms with van der Waals surface area (Å²) in [6.45, 7) is 2.52. The van der Waals surface area contributed by atoms with E-state index in [-0.39, 0.29) is 6.61 Å². The zero-order valence-corrected chi connectivity index (χ0v) is 5.88. The molecule has 1 aliphatic rings. The maximum Gasteiger partial charge on any atom is 0.133 e. The highest BCUT2D eigenvalue weighted by molar-refractivity contribution is 4.68. The topological polar surface area (TPSA) is 42.2 Å². The van der Waals surface area contributed by atoms with Gasteiger partial charge in [-0.3, -0.25) is 0 Å². The molecule has 1 aliphatic heterocycles. The third-order valence-corrected chi connectivity index (χ3v) is 1.54. The van der Waals surface area contributed by atoms with E-state index >= 15 is 0 Å². The Labute approximate surface area is 60.5 Å². The van der Waals surface area contributed by atoms with Gasteiger partial charge in [0.1, 0.15) is 6.61 Å². The minimum absolute atomic E-state index is 0.205. The average Bonchev–Trinajstić information content (AvgIpc) is 2.41. The molecule has 1 saturated heterocycles. The van der Waals surface area contributed by atoms with Gasteiger partial charge in [-0.25, -0.2) is 0 Å². The minimum Gasteiger partial charge on any atom is -0.381 e. The lowest BCUT2D eigenvalue weighted by atomic mass is 10.1. The second-order valence-electron chi connectivity index (χ2n) is 2.40. The molecule has 0 aromatic carbocycles. The normalized spacial score (nSPS) is 24.5. The SMILES string of the molecule is N#CCOC[C@@H]1CCOC1. The van der Waals surface area contributed by atoms with Gasteiger partial charge in [0, 0.05) is 12.5 Å². The Morgan fingerprint density at radius 2 is 2.60 bits per heavy atom. The number of hydrogen-bond acceptors (Lipinski definition) is 3. The lowest BCUT2D eigenvalue weighted by Gasteiger charge is -2.04. The molecule has 3 nitrogen and oxygen atoms in total. The van der Waals surface area contributed by atoms with Crippen LogP contribution in [0.2, 0.25) is 0 Å². The summed E-state index contributed by atoms with van der Waals surface area (Å²) in [6.07, 6.45) is 1.07. The van der Waals surface area contributed by atoms with Crippen LogP contribution in [0.1, 0.15) is 6.42 Å². The monoisotopic (exact) mass is 141 g/mol. The first kappa shape index (κ1) is 7.52. The summed E-state index contributed by atoms with van der Waals surface area (Å²) in [7, 11) is 0. The Hall–Kier alpha value is -0.590. The van der Waals surface area contributed by atoms with Gasteiger partial charge in [-0.05, 0) is 6.42 Å². The van der Waals surface area contributed by atoms with Crippen LogP contribution in [0.4, 0.5) is 0 Å². The molecule has 1 atom stereocenters. The maximum absolute atomic E-state index is 8.13. The molecule has 0 spiro atoms. The third-order valence-electron chi connectivity index (χ3n) is 1.54. The van der Waals surface area contributed by atoms with Gasteiger partial charge in [0.05, 0.1) is 19.3 Å². The first-order valence-corrected chi connectivity index (χ1v) is 3.46. The lowest BCUT2D eigenvalue weighted by molar-refractivity contribution is 0.111. The summed E-state index contributed by atoms with van der Waals surface area (Å²) in [4.78, 5) is 0. The molecule has 3 heteroatoms. The summed E-state index contributed by atoms with van der Waals surface area (Å²) in [5.74, 6) is 0.522. The number of nitriles is 1. The van der Waals surface area contributed by atoms with E-state index in [0.717, 1.165) is 19.6 Å². The Bertz CT molecular complexity index is 124. The number of ether oxygens (including phenoxy) is 2. The molecule has 0 bridgehead atoms. The zero-order valence-electron chi connectivity index (χ0n) is 5.88. The molecule has 1 heterocycles. The molecule has 1 fully saturated rings. The van der Waals surface area contributed by atoms with Gasteiger partial charge < -0.3 is 9.47 Å². The van der Waals surface area contributed by atoms with E-state index in [2.05, 4.69) is 0 Å². The van der Waals surface area contributed by atoms with Crippen molar-refractivity contribution in [2.45, 2.75) is 6.42 Å². The van der Waals surface area contributed by atoms with Crippen molar-refractivity contribution in [1.82, 2.24) is 0 Å². The van der Waals surface area contributed by atoms with Gasteiger partial charge in [0.15, 0.2) is 0 Å². The van der Waals surface area contributed by atoms with E-state index in [1.165, 1.54) is 0 Å². The number of nitrogens with zero attached hydrogens (tertiary/aromatic N) is 1. The first-order chi connectivity index (χ1) is 4.93. The van der Waals surface area contributed by atoms with Crippen LogP contribution in [0.15, 0.2) is 0 Å². The van der Waals surface area contributed by atoms with Crippen molar-refractivity contribution < 1.29 is 9.47 Å². The molecule has 0 unspecified atom stereocenters. The van der Waals surface area contributed by atoms with E-state index in [4.69, 9.17) is 14.7 Å². The molecule has 1 rings (SSSR count). The predicted molar refractivity (Wildman–Crippen MR) is 35.4 cm³/mol. The molecule has 0 N–H and O–H groups in total. The number of hydrogen-bond donors (Lipinski definition) is 0. The highest BCUT2D eigenvalue weighted by atomic mass is 16.5. The largest absolute Gasteiger partial charge is 0.381 e. The van der Waals surface area contributed by atoms with Crippen LogP contribution < -0.4 is 0 Å². The maximum atomic E-state index is 8.13. The smallest absolute Gasteiger partial charge is 0.133 e. The third kappa shape index (κ3) is 2.34. The average molecular weight is 141 g/mol. The molecule has 10 heavy (non-hydrogen) atoms. The van der Waals surface area contributed by atoms with Gasteiger partial charge in [-0.2, -0.15) is 5.26 Å². The van der Waals surface area contributed by atoms with Gasteiger partial charge in [-0.15, -0.1) is 0 Å². The van der Waals surface area contributed by atoms with E-state index in [9.17, 15) is 0 Å². The molecule has 0 saturated carbocycles. The van der Waals surface area contributed by atoms with Gasteiger partial charge in [-0.1, -0.05) is 0 Å². The summed E-state index contributed by atoms with van der Waals surface area (Å²) in [5.41, 5.74) is 0. The van der Waals surface area contributed by atoms with Crippen LogP contribution >= 0.6 is 0 Å². The second kappa shape index (κ2) is 4.26. The van der Waals surface area contributed by atoms with E-state index in [0.29, 0.717) is 12.5 Å². The highest BCUT2D eigenvalue weighted by Gasteiger charge is 2.14. The Morgan fingerprint density at radius 3 is 3.20 bits per heavy atom. The zero-order chi connectivity index (χ0) is 7.23. The van der Waals surface area contributed by atoms with Crippen LogP contribution in [0.5, 0.6) is 0 Å². The van der Waals surface area contributed by atoms with E-state index in [1.54, 1.807) is 0 Å². The fraction of sp³-hybridized carbons (Fsp3) is 0.857. The van der Waals surface area contributed by atoms with Crippen molar-refractivity contribution in [3.05, 3.63) is 0 Å². The fourth-order valence-electron chi connectivity index (χ4n) is 0.986. The quantitative estimate of drug-likeness (QED) is 0.539. The van der Waals surface area contributed by atoms with Gasteiger partial charge in [0.2, 0.25) is 0 Å². The molecule has 0 radical (unpaired) electrons. The summed E-state index contributed by atoms with van der Waals surface area (Å²) >= 11 is 0. The molecular weight excluding hydrogens is 130 g/mol. The van der Waals surface area contributed by atoms with Crippen LogP contribution in [-0.4, -0.2) is 26.4 Å². The molecule has 0 aliphatic carbocycles. The van der Waals surface area contributed by atoms with Crippen molar-refractivity contribution in [1.29, 1.82) is 5.26 Å². The Morgan fingerprint density at radius 1 is 1.70 bits per heavy atom. The minimum atomic E-state index is 0.205. The van der Waals surface area contributed by atoms with Crippen LogP contribution in [0.3, 0.4) is 0 Å². The van der Waals surface area contributed by atoms with Crippen molar-refractivity contribution in [2.75, 3.05) is 26.4 Å². The van der Waals surface area contributed by atoms with Crippen molar-refractivity contribution in [2.24, 2.45) is 5.92 Å². The lowest BCUT2D eigenvalue weighted by Crippen LogP contribution is -2.09. The summed E-state index contributed by atoms with van der Waals surface area (Å²) in [6, 6.07) is 1.93. The van der Waals surface area contributed by atoms with Crippen LogP contribution in [0, 0.1) is 17.2 Å². The van der Waals surface area contributed by atoms with Crippen LogP contribution in [0.25, 0.3) is 0 Å². The van der Waals surface area contributed by atoms with Crippen molar-refractivity contribution in [3.63, 3.8) is 0 Å². The Kier molecular flexibility index (Phi) is 3.20. The molecule has 56 valence electrons. The van der Waals surface area contributed by atoms with E-state index in [1.807, 2.05) is 6.07 Å². The molecule has 0 aromatic heterocycles.